The lowest BCUT2D eigenvalue weighted by Gasteiger charge is -2.19. The Bertz CT molecular complexity index is 1010. The summed E-state index contributed by atoms with van der Waals surface area (Å²) in [7, 11) is 0. The van der Waals surface area contributed by atoms with Gasteiger partial charge in [0.2, 0.25) is 0 Å². The number of ketones is 2. The number of fused-ring (bicyclic) bond motifs is 2. The molecule has 0 heterocycles. The third-order valence-corrected chi connectivity index (χ3v) is 5.50. The molecule has 0 spiro atoms. The number of ether oxygens (including phenoxy) is 6. The van der Waals surface area contributed by atoms with Gasteiger partial charge in [-0.05, 0) is 6.07 Å². The zero-order valence-electron chi connectivity index (χ0n) is 20.8. The van der Waals surface area contributed by atoms with Crippen LogP contribution in [0, 0.1) is 0 Å². The van der Waals surface area contributed by atoms with E-state index in [2.05, 4.69) is 0 Å². The minimum atomic E-state index is -0.368. The molecule has 10 nitrogen and oxygen atoms in total. The first kappa shape index (κ1) is 28.9. The van der Waals surface area contributed by atoms with Crippen LogP contribution in [0.1, 0.15) is 37.4 Å². The molecular weight excluding hydrogens is 484 g/mol. The average Bonchev–Trinajstić information content (AvgIpc) is 2.91. The number of phenolic OH excluding ortho intramolecular Hbond substituents is 1. The van der Waals surface area contributed by atoms with Crippen molar-refractivity contribution in [2.24, 2.45) is 0 Å². The normalized spacial score (nSPS) is 12.6. The number of hydrogen-bond donors (Lipinski definition) is 2. The van der Waals surface area contributed by atoms with Crippen molar-refractivity contribution in [2.75, 3.05) is 79.3 Å². The summed E-state index contributed by atoms with van der Waals surface area (Å²) in [4.78, 5) is 25.6. The van der Waals surface area contributed by atoms with Gasteiger partial charge in [0.15, 0.2) is 11.6 Å². The van der Waals surface area contributed by atoms with Crippen LogP contribution in [0.5, 0.6) is 5.75 Å². The molecule has 3 rings (SSSR count). The summed E-state index contributed by atoms with van der Waals surface area (Å²) in [5.74, 6) is -0.867. The van der Waals surface area contributed by atoms with Crippen molar-refractivity contribution in [3.05, 3.63) is 64.2 Å². The molecule has 0 aromatic heterocycles. The number of aliphatic hydroxyl groups excluding tert-OH is 1. The lowest BCUT2D eigenvalue weighted by molar-refractivity contribution is -0.0190. The highest BCUT2D eigenvalue weighted by atomic mass is 16.6. The minimum absolute atomic E-state index is 0.00819. The molecule has 0 saturated heterocycles. The maximum Gasteiger partial charge on any atom is 0.198 e. The number of carbonyl (C=O) groups is 2. The smallest absolute Gasteiger partial charge is 0.198 e. The molecule has 0 amide bonds. The summed E-state index contributed by atoms with van der Waals surface area (Å²) >= 11 is 0. The van der Waals surface area contributed by atoms with E-state index in [9.17, 15) is 14.7 Å². The van der Waals surface area contributed by atoms with Gasteiger partial charge in [0.1, 0.15) is 5.75 Å². The molecule has 202 valence electrons. The number of phenols is 1. The van der Waals surface area contributed by atoms with E-state index in [1.165, 1.54) is 0 Å². The van der Waals surface area contributed by atoms with Crippen molar-refractivity contribution in [2.45, 2.75) is 6.61 Å². The van der Waals surface area contributed by atoms with Gasteiger partial charge in [-0.15, -0.1) is 0 Å². The van der Waals surface area contributed by atoms with Crippen LogP contribution in [0.15, 0.2) is 36.4 Å². The maximum atomic E-state index is 12.9. The van der Waals surface area contributed by atoms with E-state index in [1.54, 1.807) is 36.4 Å². The summed E-state index contributed by atoms with van der Waals surface area (Å²) in [6, 6.07) is 9.76. The third kappa shape index (κ3) is 8.68. The predicted molar refractivity (Wildman–Crippen MR) is 132 cm³/mol. The van der Waals surface area contributed by atoms with E-state index in [0.717, 1.165) is 0 Å². The van der Waals surface area contributed by atoms with Crippen LogP contribution < -0.4 is 0 Å². The summed E-state index contributed by atoms with van der Waals surface area (Å²) in [5, 5.41) is 19.2. The quantitative estimate of drug-likeness (QED) is 0.226. The molecule has 2 aromatic rings. The maximum absolute atomic E-state index is 12.9. The fourth-order valence-corrected chi connectivity index (χ4v) is 3.67. The van der Waals surface area contributed by atoms with Gasteiger partial charge in [0.25, 0.3) is 0 Å². The van der Waals surface area contributed by atoms with E-state index >= 15 is 0 Å². The standard InChI is InChI=1S/C27H34O10/c28-7-8-32-9-10-33-11-12-34-13-14-35-15-16-36-17-18-37-19-20-5-6-23-24(25(20)29)27(31)22-4-2-1-3-21(22)26(23)30/h1-6,28-29H,7-19H2. The second kappa shape index (κ2) is 16.2. The lowest BCUT2D eigenvalue weighted by Crippen LogP contribution is -2.21. The Balaban J connectivity index is 1.22. The van der Waals surface area contributed by atoms with Gasteiger partial charge in [0, 0.05) is 22.3 Å². The summed E-state index contributed by atoms with van der Waals surface area (Å²) in [6.07, 6.45) is 0. The number of aliphatic hydroxyl groups is 1. The fourth-order valence-electron chi connectivity index (χ4n) is 3.67. The number of benzene rings is 2. The zero-order valence-corrected chi connectivity index (χ0v) is 20.8. The Hall–Kier alpha value is -2.70. The van der Waals surface area contributed by atoms with Gasteiger partial charge in [-0.3, -0.25) is 9.59 Å². The molecule has 1 aliphatic rings. The van der Waals surface area contributed by atoms with Crippen LogP contribution in [0.4, 0.5) is 0 Å². The highest BCUT2D eigenvalue weighted by Gasteiger charge is 2.32. The van der Waals surface area contributed by atoms with E-state index in [4.69, 9.17) is 33.5 Å². The Morgan fingerprint density at radius 1 is 0.541 bits per heavy atom. The summed E-state index contributed by atoms with van der Waals surface area (Å²) in [6.45, 7) is 4.62. The van der Waals surface area contributed by atoms with Gasteiger partial charge in [-0.2, -0.15) is 0 Å². The minimum Gasteiger partial charge on any atom is -0.507 e. The van der Waals surface area contributed by atoms with Crippen molar-refractivity contribution >= 4 is 11.6 Å². The largest absolute Gasteiger partial charge is 0.507 e. The van der Waals surface area contributed by atoms with Gasteiger partial charge in [-0.25, -0.2) is 0 Å². The van der Waals surface area contributed by atoms with Crippen LogP contribution in [0.2, 0.25) is 0 Å². The van der Waals surface area contributed by atoms with Crippen molar-refractivity contribution in [3.8, 4) is 5.75 Å². The Morgan fingerprint density at radius 3 is 1.51 bits per heavy atom. The molecule has 0 unspecified atom stereocenters. The van der Waals surface area contributed by atoms with E-state index in [-0.39, 0.29) is 41.7 Å². The van der Waals surface area contributed by atoms with Gasteiger partial charge in [0.05, 0.1) is 91.5 Å². The lowest BCUT2D eigenvalue weighted by atomic mass is 9.83. The van der Waals surface area contributed by atoms with Gasteiger partial charge >= 0.3 is 0 Å². The molecule has 0 fully saturated rings. The molecule has 0 bridgehead atoms. The summed E-state index contributed by atoms with van der Waals surface area (Å²) < 4.78 is 32.2. The summed E-state index contributed by atoms with van der Waals surface area (Å²) in [5.41, 5.74) is 1.30. The zero-order chi connectivity index (χ0) is 26.3. The molecule has 10 heteroatoms. The van der Waals surface area contributed by atoms with Crippen LogP contribution in [0.25, 0.3) is 0 Å². The molecule has 2 N–H and O–H groups in total. The van der Waals surface area contributed by atoms with Gasteiger partial charge < -0.3 is 38.6 Å². The Morgan fingerprint density at radius 2 is 1.00 bits per heavy atom. The molecule has 2 aromatic carbocycles. The Kier molecular flexibility index (Phi) is 12.6. The first-order valence-corrected chi connectivity index (χ1v) is 12.3. The van der Waals surface area contributed by atoms with E-state index in [1.807, 2.05) is 0 Å². The molecule has 0 aliphatic heterocycles. The van der Waals surface area contributed by atoms with Crippen molar-refractivity contribution in [1.29, 1.82) is 0 Å². The molecule has 0 radical (unpaired) electrons. The number of aromatic hydroxyl groups is 1. The van der Waals surface area contributed by atoms with E-state index < -0.39 is 0 Å². The second-order valence-electron chi connectivity index (χ2n) is 8.04. The SMILES string of the molecule is O=C1c2ccccc2C(=O)c2c1ccc(COCCOCCOCCOCCOCCOCCO)c2O. The monoisotopic (exact) mass is 518 g/mol. The third-order valence-electron chi connectivity index (χ3n) is 5.50. The molecule has 0 atom stereocenters. The van der Waals surface area contributed by atoms with Gasteiger partial charge in [-0.1, -0.05) is 30.3 Å². The number of hydrogen-bond acceptors (Lipinski definition) is 10. The second-order valence-corrected chi connectivity index (χ2v) is 8.04. The topological polar surface area (TPSA) is 130 Å². The predicted octanol–water partition coefficient (Wildman–Crippen LogP) is 1.76. The molecular formula is C27H34O10. The van der Waals surface area contributed by atoms with Crippen molar-refractivity contribution < 1.29 is 48.2 Å². The van der Waals surface area contributed by atoms with Crippen LogP contribution in [-0.2, 0) is 35.0 Å². The van der Waals surface area contributed by atoms with Crippen molar-refractivity contribution in [3.63, 3.8) is 0 Å². The highest BCUT2D eigenvalue weighted by molar-refractivity contribution is 6.29. The van der Waals surface area contributed by atoms with Crippen LogP contribution in [-0.4, -0.2) is 101 Å². The first-order valence-electron chi connectivity index (χ1n) is 12.3. The fraction of sp³-hybridized carbons (Fsp3) is 0.481. The average molecular weight is 519 g/mol. The van der Waals surface area contributed by atoms with Crippen molar-refractivity contribution in [1.82, 2.24) is 0 Å². The Labute approximate surface area is 216 Å². The number of carbonyl (C=O) groups excluding carboxylic acids is 2. The number of rotatable bonds is 19. The molecule has 37 heavy (non-hydrogen) atoms. The van der Waals surface area contributed by atoms with E-state index in [0.29, 0.717) is 89.4 Å². The molecule has 0 saturated carbocycles. The van der Waals surface area contributed by atoms with Crippen LogP contribution >= 0.6 is 0 Å². The molecule has 1 aliphatic carbocycles. The highest BCUT2D eigenvalue weighted by Crippen LogP contribution is 2.35. The first-order chi connectivity index (χ1) is 18.1. The van der Waals surface area contributed by atoms with Crippen LogP contribution in [0.3, 0.4) is 0 Å².